The van der Waals surface area contributed by atoms with Gasteiger partial charge < -0.3 is 19.9 Å². The first-order valence-corrected chi connectivity index (χ1v) is 8.40. The maximum absolute atomic E-state index is 12.6. The summed E-state index contributed by atoms with van der Waals surface area (Å²) in [7, 11) is 0. The molecule has 2 fully saturated rings. The Morgan fingerprint density at radius 1 is 1.28 bits per heavy atom. The summed E-state index contributed by atoms with van der Waals surface area (Å²) in [5.74, 6) is -1.22. The molecule has 1 aliphatic heterocycles. The Labute approximate surface area is 143 Å². The summed E-state index contributed by atoms with van der Waals surface area (Å²) >= 11 is 0. The van der Waals surface area contributed by atoms with Crippen molar-refractivity contribution in [1.29, 1.82) is 0 Å². The zero-order chi connectivity index (χ0) is 17.7. The van der Waals surface area contributed by atoms with Gasteiger partial charge in [-0.1, -0.05) is 0 Å². The van der Waals surface area contributed by atoms with Crippen LogP contribution in [0.1, 0.15) is 34.8 Å². The summed E-state index contributed by atoms with van der Waals surface area (Å²) in [6.07, 6.45) is 3.42. The SMILES string of the molecule is Cc1cc2c(=O)c(C(=O)O)cn(C3CC3)c2cc1N1CCNC(=O)C1. The van der Waals surface area contributed by atoms with E-state index < -0.39 is 11.4 Å². The molecular formula is C18H19N3O4. The van der Waals surface area contributed by atoms with Gasteiger partial charge in [-0.2, -0.15) is 0 Å². The molecule has 0 bridgehead atoms. The smallest absolute Gasteiger partial charge is 0.341 e. The van der Waals surface area contributed by atoms with Crippen molar-refractivity contribution in [2.75, 3.05) is 24.5 Å². The number of nitrogens with zero attached hydrogens (tertiary/aromatic N) is 2. The highest BCUT2D eigenvalue weighted by Crippen LogP contribution is 2.38. The van der Waals surface area contributed by atoms with Crippen molar-refractivity contribution in [3.8, 4) is 0 Å². The van der Waals surface area contributed by atoms with Crippen molar-refractivity contribution < 1.29 is 14.7 Å². The molecule has 7 heteroatoms. The molecule has 2 N–H and O–H groups in total. The summed E-state index contributed by atoms with van der Waals surface area (Å²) in [6.45, 7) is 3.46. The van der Waals surface area contributed by atoms with Crippen LogP contribution in [0, 0.1) is 6.92 Å². The van der Waals surface area contributed by atoms with E-state index in [0.29, 0.717) is 18.5 Å². The van der Waals surface area contributed by atoms with E-state index in [0.717, 1.165) is 29.6 Å². The van der Waals surface area contributed by atoms with Crippen LogP contribution in [0.3, 0.4) is 0 Å². The molecule has 0 radical (unpaired) electrons. The molecule has 2 heterocycles. The van der Waals surface area contributed by atoms with Gasteiger partial charge in [-0.3, -0.25) is 9.59 Å². The number of benzene rings is 1. The Morgan fingerprint density at radius 2 is 2.04 bits per heavy atom. The summed E-state index contributed by atoms with van der Waals surface area (Å²) < 4.78 is 1.91. The highest BCUT2D eigenvalue weighted by molar-refractivity contribution is 5.94. The number of fused-ring (bicyclic) bond motifs is 1. The first-order valence-electron chi connectivity index (χ1n) is 8.40. The number of carboxylic acids is 1. The molecule has 130 valence electrons. The third kappa shape index (κ3) is 2.65. The molecule has 1 aliphatic carbocycles. The van der Waals surface area contributed by atoms with Gasteiger partial charge in [0, 0.05) is 36.4 Å². The average molecular weight is 341 g/mol. The number of hydrogen-bond donors (Lipinski definition) is 2. The number of nitrogens with one attached hydrogen (secondary N) is 1. The average Bonchev–Trinajstić information content (AvgIpc) is 3.39. The number of aromatic carboxylic acids is 1. The molecule has 2 aliphatic rings. The van der Waals surface area contributed by atoms with Crippen molar-refractivity contribution in [3.63, 3.8) is 0 Å². The number of amides is 1. The molecule has 0 atom stereocenters. The summed E-state index contributed by atoms with van der Waals surface area (Å²) in [5.41, 5.74) is 1.88. The van der Waals surface area contributed by atoms with E-state index >= 15 is 0 Å². The fourth-order valence-corrected chi connectivity index (χ4v) is 3.49. The predicted octanol–water partition coefficient (Wildman–Crippen LogP) is 1.28. The van der Waals surface area contributed by atoms with Crippen LogP contribution in [0.4, 0.5) is 5.69 Å². The number of carbonyl (C=O) groups is 2. The van der Waals surface area contributed by atoms with Gasteiger partial charge in [0.25, 0.3) is 0 Å². The lowest BCUT2D eigenvalue weighted by Gasteiger charge is -2.30. The molecule has 7 nitrogen and oxygen atoms in total. The Morgan fingerprint density at radius 3 is 2.68 bits per heavy atom. The number of carboxylic acid groups (broad SMARTS) is 1. The Kier molecular flexibility index (Phi) is 3.52. The zero-order valence-electron chi connectivity index (χ0n) is 13.9. The minimum absolute atomic E-state index is 0.0217. The van der Waals surface area contributed by atoms with Gasteiger partial charge in [-0.05, 0) is 37.5 Å². The van der Waals surface area contributed by atoms with Crippen LogP contribution in [0.25, 0.3) is 10.9 Å². The Hall–Kier alpha value is -2.83. The topological polar surface area (TPSA) is 91.6 Å². The van der Waals surface area contributed by atoms with Crippen molar-refractivity contribution in [1.82, 2.24) is 9.88 Å². The summed E-state index contributed by atoms with van der Waals surface area (Å²) in [5, 5.41) is 12.6. The van der Waals surface area contributed by atoms with Crippen LogP contribution >= 0.6 is 0 Å². The van der Waals surface area contributed by atoms with Gasteiger partial charge in [0.2, 0.25) is 11.3 Å². The number of carbonyl (C=O) groups excluding carboxylic acids is 1. The largest absolute Gasteiger partial charge is 0.477 e. The molecule has 1 amide bonds. The predicted molar refractivity (Wildman–Crippen MR) is 93.4 cm³/mol. The minimum Gasteiger partial charge on any atom is -0.477 e. The number of anilines is 1. The number of pyridine rings is 1. The second-order valence-electron chi connectivity index (χ2n) is 6.74. The Balaban J connectivity index is 1.94. The van der Waals surface area contributed by atoms with Crippen molar-refractivity contribution in [3.05, 3.63) is 39.7 Å². The van der Waals surface area contributed by atoms with Crippen LogP contribution in [0.15, 0.2) is 23.1 Å². The molecule has 1 aromatic heterocycles. The van der Waals surface area contributed by atoms with Crippen molar-refractivity contribution in [2.45, 2.75) is 25.8 Å². The Bertz CT molecular complexity index is 959. The van der Waals surface area contributed by atoms with E-state index in [1.807, 2.05) is 22.5 Å². The van der Waals surface area contributed by atoms with E-state index in [9.17, 15) is 19.5 Å². The van der Waals surface area contributed by atoms with Crippen molar-refractivity contribution in [2.24, 2.45) is 0 Å². The highest BCUT2D eigenvalue weighted by atomic mass is 16.4. The first kappa shape index (κ1) is 15.7. The van der Waals surface area contributed by atoms with Gasteiger partial charge in [0.15, 0.2) is 0 Å². The quantitative estimate of drug-likeness (QED) is 0.877. The van der Waals surface area contributed by atoms with E-state index in [-0.39, 0.29) is 24.1 Å². The van der Waals surface area contributed by atoms with Crippen molar-refractivity contribution >= 4 is 28.5 Å². The molecule has 1 aromatic carbocycles. The van der Waals surface area contributed by atoms with E-state index in [1.54, 1.807) is 6.07 Å². The highest BCUT2D eigenvalue weighted by Gasteiger charge is 2.28. The number of piperazine rings is 1. The second-order valence-corrected chi connectivity index (χ2v) is 6.74. The molecule has 1 saturated heterocycles. The molecule has 4 rings (SSSR count). The fraction of sp³-hybridized carbons (Fsp3) is 0.389. The molecular weight excluding hydrogens is 322 g/mol. The maximum atomic E-state index is 12.6. The standard InChI is InChI=1S/C18H19N3O4/c1-10-6-12-15(7-14(10)20-5-4-19-16(22)9-20)21(11-2-3-11)8-13(17(12)23)18(24)25/h6-8,11H,2-5,9H2,1H3,(H,19,22)(H,24,25). The number of aryl methyl sites for hydroxylation is 1. The van der Waals surface area contributed by atoms with Gasteiger partial charge >= 0.3 is 5.97 Å². The van der Waals surface area contributed by atoms with E-state index in [4.69, 9.17) is 0 Å². The molecule has 0 spiro atoms. The maximum Gasteiger partial charge on any atom is 0.341 e. The van der Waals surface area contributed by atoms with Gasteiger partial charge in [-0.25, -0.2) is 4.79 Å². The monoisotopic (exact) mass is 341 g/mol. The van der Waals surface area contributed by atoms with Gasteiger partial charge in [-0.15, -0.1) is 0 Å². The van der Waals surface area contributed by atoms with E-state index in [2.05, 4.69) is 5.32 Å². The normalized spacial score (nSPS) is 17.6. The number of rotatable bonds is 3. The minimum atomic E-state index is -1.20. The summed E-state index contributed by atoms with van der Waals surface area (Å²) in [6, 6.07) is 3.92. The fourth-order valence-electron chi connectivity index (χ4n) is 3.49. The number of aromatic nitrogens is 1. The third-order valence-electron chi connectivity index (χ3n) is 4.90. The molecule has 1 saturated carbocycles. The lowest BCUT2D eigenvalue weighted by molar-refractivity contribution is -0.120. The molecule has 25 heavy (non-hydrogen) atoms. The second kappa shape index (κ2) is 5.61. The summed E-state index contributed by atoms with van der Waals surface area (Å²) in [4.78, 5) is 37.7. The zero-order valence-corrected chi connectivity index (χ0v) is 13.9. The van der Waals surface area contributed by atoms with Crippen LogP contribution in [0.2, 0.25) is 0 Å². The van der Waals surface area contributed by atoms with Crippen LogP contribution < -0.4 is 15.6 Å². The van der Waals surface area contributed by atoms with Crippen LogP contribution in [0.5, 0.6) is 0 Å². The van der Waals surface area contributed by atoms with Gasteiger partial charge in [0.05, 0.1) is 12.1 Å². The molecule has 0 unspecified atom stereocenters. The lowest BCUT2D eigenvalue weighted by atomic mass is 10.0. The van der Waals surface area contributed by atoms with Gasteiger partial charge in [0.1, 0.15) is 5.56 Å². The molecule has 2 aromatic rings. The van der Waals surface area contributed by atoms with Crippen LogP contribution in [-0.4, -0.2) is 41.2 Å². The van der Waals surface area contributed by atoms with Crippen LogP contribution in [-0.2, 0) is 4.79 Å². The number of hydrogen-bond acceptors (Lipinski definition) is 4. The van der Waals surface area contributed by atoms with E-state index in [1.165, 1.54) is 6.20 Å². The lowest BCUT2D eigenvalue weighted by Crippen LogP contribution is -2.48. The third-order valence-corrected chi connectivity index (χ3v) is 4.90. The first-order chi connectivity index (χ1) is 12.0.